The maximum Gasteiger partial charge on any atom is 0.320 e. The molecule has 4 aromatic rings. The number of carboxylic acid groups (broad SMARTS) is 1. The molecule has 1 atom stereocenters. The number of methoxy groups -OCH3 is 1. The van der Waals surface area contributed by atoms with Crippen LogP contribution in [-0.4, -0.2) is 46.6 Å². The predicted octanol–water partition coefficient (Wildman–Crippen LogP) is 6.87. The van der Waals surface area contributed by atoms with E-state index in [4.69, 9.17) is 4.74 Å². The lowest BCUT2D eigenvalue weighted by molar-refractivity contribution is -0.144. The minimum Gasteiger partial charge on any atom is -0.496 e. The second kappa shape index (κ2) is 12.5. The zero-order valence-corrected chi connectivity index (χ0v) is 24.0. The molecule has 1 aliphatic rings. The van der Waals surface area contributed by atoms with Crippen molar-refractivity contribution in [2.75, 3.05) is 19.0 Å². The number of carboxylic acids is 1. The zero-order valence-electron chi connectivity index (χ0n) is 24.0. The van der Waals surface area contributed by atoms with E-state index in [9.17, 15) is 14.7 Å². The summed E-state index contributed by atoms with van der Waals surface area (Å²) in [6, 6.07) is 19.5. The van der Waals surface area contributed by atoms with Crippen LogP contribution < -0.4 is 10.1 Å². The summed E-state index contributed by atoms with van der Waals surface area (Å²) >= 11 is 0. The Morgan fingerprint density at radius 3 is 2.45 bits per heavy atom. The number of halogens is 1. The Kier molecular flexibility index (Phi) is 8.64. The molecule has 0 unspecified atom stereocenters. The molecule has 2 N–H and O–H groups in total. The van der Waals surface area contributed by atoms with Crippen LogP contribution in [-0.2, 0) is 11.3 Å². The predicted molar refractivity (Wildman–Crippen MR) is 161 cm³/mol. The van der Waals surface area contributed by atoms with Crippen LogP contribution >= 0.6 is 0 Å². The molecular formula is C34H34FN3O4. The molecule has 0 saturated carbocycles. The fourth-order valence-electron chi connectivity index (χ4n) is 5.75. The highest BCUT2D eigenvalue weighted by molar-refractivity contribution is 6.03. The summed E-state index contributed by atoms with van der Waals surface area (Å²) in [5.41, 5.74) is 6.64. The standard InChI is InChI=1S/C34H34FN3O4/c1-21-24(23-18-28(35)27(32(19-23)42-3)20-38-17-7-5-15-31(38)34(40)41)10-8-11-25(21)26-12-9-14-29(22(26)2)37-33(39)30-13-4-6-16-36-30/h4,6,8-14,16,18-19,31H,5,7,15,17,20H2,1-3H3,(H,37,39)(H,40,41)/t31-/m1/s1. The quantitative estimate of drug-likeness (QED) is 0.241. The highest BCUT2D eigenvalue weighted by Gasteiger charge is 2.30. The Labute approximate surface area is 245 Å². The van der Waals surface area contributed by atoms with Crippen LogP contribution in [0.4, 0.5) is 10.1 Å². The van der Waals surface area contributed by atoms with Crippen molar-refractivity contribution in [3.63, 3.8) is 0 Å². The maximum absolute atomic E-state index is 15.7. The zero-order chi connectivity index (χ0) is 29.8. The van der Waals surface area contributed by atoms with Gasteiger partial charge in [-0.2, -0.15) is 0 Å². The summed E-state index contributed by atoms with van der Waals surface area (Å²) in [4.78, 5) is 30.5. The van der Waals surface area contributed by atoms with E-state index < -0.39 is 17.8 Å². The van der Waals surface area contributed by atoms with Gasteiger partial charge in [0.2, 0.25) is 0 Å². The molecule has 7 nitrogen and oxygen atoms in total. The minimum atomic E-state index is -0.881. The molecule has 216 valence electrons. The van der Waals surface area contributed by atoms with Crippen molar-refractivity contribution < 1.29 is 23.8 Å². The topological polar surface area (TPSA) is 91.8 Å². The summed E-state index contributed by atoms with van der Waals surface area (Å²) in [7, 11) is 1.50. The molecule has 0 radical (unpaired) electrons. The number of benzene rings is 3. The largest absolute Gasteiger partial charge is 0.496 e. The van der Waals surface area contributed by atoms with E-state index in [1.54, 1.807) is 24.4 Å². The Bertz CT molecular complexity index is 1620. The molecular weight excluding hydrogens is 533 g/mol. The van der Waals surface area contributed by atoms with E-state index in [1.165, 1.54) is 13.2 Å². The van der Waals surface area contributed by atoms with Gasteiger partial charge in [0, 0.05) is 24.0 Å². The fraction of sp³-hybridized carbons (Fsp3) is 0.265. The van der Waals surface area contributed by atoms with Gasteiger partial charge < -0.3 is 15.2 Å². The van der Waals surface area contributed by atoms with Crippen molar-refractivity contribution in [1.29, 1.82) is 0 Å². The minimum absolute atomic E-state index is 0.168. The van der Waals surface area contributed by atoms with Gasteiger partial charge in [0.05, 0.1) is 7.11 Å². The first-order valence-corrected chi connectivity index (χ1v) is 14.0. The van der Waals surface area contributed by atoms with E-state index in [-0.39, 0.29) is 12.5 Å². The number of pyridine rings is 1. The smallest absolute Gasteiger partial charge is 0.320 e. The molecule has 0 aliphatic carbocycles. The van der Waals surface area contributed by atoms with Crippen LogP contribution in [0.1, 0.15) is 46.4 Å². The Hall–Kier alpha value is -4.56. The first kappa shape index (κ1) is 29.0. The van der Waals surface area contributed by atoms with Crippen LogP contribution in [0.5, 0.6) is 5.75 Å². The molecule has 5 rings (SSSR count). The van der Waals surface area contributed by atoms with E-state index in [0.29, 0.717) is 41.2 Å². The second-order valence-electron chi connectivity index (χ2n) is 10.6. The highest BCUT2D eigenvalue weighted by Crippen LogP contribution is 2.38. The summed E-state index contributed by atoms with van der Waals surface area (Å²) in [6.45, 7) is 4.72. The van der Waals surface area contributed by atoms with E-state index in [2.05, 4.69) is 10.3 Å². The van der Waals surface area contributed by atoms with Crippen LogP contribution in [0.15, 0.2) is 72.9 Å². The van der Waals surface area contributed by atoms with Gasteiger partial charge in [-0.25, -0.2) is 4.39 Å². The molecule has 1 aliphatic heterocycles. The highest BCUT2D eigenvalue weighted by atomic mass is 19.1. The number of nitrogens with zero attached hydrogens (tertiary/aromatic N) is 2. The van der Waals surface area contributed by atoms with Gasteiger partial charge in [0.15, 0.2) is 0 Å². The number of carbonyl (C=O) groups is 2. The molecule has 42 heavy (non-hydrogen) atoms. The van der Waals surface area contributed by atoms with Crippen LogP contribution in [0, 0.1) is 19.7 Å². The number of anilines is 1. The number of nitrogens with one attached hydrogen (secondary N) is 1. The van der Waals surface area contributed by atoms with Gasteiger partial charge in [0.1, 0.15) is 23.3 Å². The molecule has 2 heterocycles. The molecule has 1 amide bonds. The van der Waals surface area contributed by atoms with Crippen molar-refractivity contribution in [2.45, 2.75) is 45.7 Å². The van der Waals surface area contributed by atoms with Gasteiger partial charge in [-0.05, 0) is 96.9 Å². The number of aliphatic carboxylic acids is 1. The normalized spacial score (nSPS) is 15.3. The first-order valence-electron chi connectivity index (χ1n) is 14.0. The summed E-state index contributed by atoms with van der Waals surface area (Å²) in [6.07, 6.45) is 3.86. The van der Waals surface area contributed by atoms with E-state index >= 15 is 4.39 Å². The Morgan fingerprint density at radius 2 is 1.74 bits per heavy atom. The van der Waals surface area contributed by atoms with Crippen LogP contribution in [0.3, 0.4) is 0 Å². The van der Waals surface area contributed by atoms with Crippen LogP contribution in [0.2, 0.25) is 0 Å². The summed E-state index contributed by atoms with van der Waals surface area (Å²) in [5.74, 6) is -1.21. The Morgan fingerprint density at radius 1 is 1.00 bits per heavy atom. The molecule has 0 spiro atoms. The Balaban J connectivity index is 1.47. The third-order valence-electron chi connectivity index (χ3n) is 8.05. The number of carbonyl (C=O) groups excluding carboxylic acids is 1. The third-order valence-corrected chi connectivity index (χ3v) is 8.05. The monoisotopic (exact) mass is 567 g/mol. The third kappa shape index (κ3) is 5.90. The van der Waals surface area contributed by atoms with Crippen LogP contribution in [0.25, 0.3) is 22.3 Å². The van der Waals surface area contributed by atoms with E-state index in [1.807, 2.05) is 61.2 Å². The van der Waals surface area contributed by atoms with Gasteiger partial charge in [0.25, 0.3) is 5.91 Å². The molecule has 0 bridgehead atoms. The second-order valence-corrected chi connectivity index (χ2v) is 10.6. The average Bonchev–Trinajstić information content (AvgIpc) is 3.00. The number of hydrogen-bond acceptors (Lipinski definition) is 5. The van der Waals surface area contributed by atoms with Gasteiger partial charge in [-0.3, -0.25) is 19.5 Å². The van der Waals surface area contributed by atoms with Crippen molar-refractivity contribution in [2.24, 2.45) is 0 Å². The molecule has 8 heteroatoms. The lowest BCUT2D eigenvalue weighted by Crippen LogP contribution is -2.44. The van der Waals surface area contributed by atoms with Gasteiger partial charge >= 0.3 is 5.97 Å². The van der Waals surface area contributed by atoms with Crippen molar-refractivity contribution >= 4 is 17.6 Å². The van der Waals surface area contributed by atoms with E-state index in [0.717, 1.165) is 40.7 Å². The number of hydrogen-bond donors (Lipinski definition) is 2. The fourth-order valence-corrected chi connectivity index (χ4v) is 5.75. The molecule has 1 aromatic heterocycles. The number of rotatable bonds is 8. The number of aromatic nitrogens is 1. The van der Waals surface area contributed by atoms with Crippen molar-refractivity contribution in [1.82, 2.24) is 9.88 Å². The molecule has 3 aromatic carbocycles. The summed E-state index contributed by atoms with van der Waals surface area (Å²) in [5, 5.41) is 12.6. The number of piperidine rings is 1. The number of amides is 1. The van der Waals surface area contributed by atoms with Crippen molar-refractivity contribution in [3.05, 3.63) is 101 Å². The molecule has 1 fully saturated rings. The molecule has 1 saturated heterocycles. The van der Waals surface area contributed by atoms with Gasteiger partial charge in [-0.1, -0.05) is 42.8 Å². The number of ether oxygens (including phenoxy) is 1. The first-order chi connectivity index (χ1) is 20.3. The SMILES string of the molecule is COc1cc(-c2cccc(-c3cccc(NC(=O)c4ccccn4)c3C)c2C)cc(F)c1CN1CCCC[C@@H]1C(=O)O. The van der Waals surface area contributed by atoms with Crippen molar-refractivity contribution in [3.8, 4) is 28.0 Å². The number of likely N-dealkylation sites (tertiary alicyclic amines) is 1. The maximum atomic E-state index is 15.7. The average molecular weight is 568 g/mol. The lowest BCUT2D eigenvalue weighted by atomic mass is 9.90. The van der Waals surface area contributed by atoms with Gasteiger partial charge in [-0.15, -0.1) is 0 Å². The summed E-state index contributed by atoms with van der Waals surface area (Å²) < 4.78 is 21.3. The lowest BCUT2D eigenvalue weighted by Gasteiger charge is -2.33.